The quantitative estimate of drug-likeness (QED) is 0.533. The predicted molar refractivity (Wildman–Crippen MR) is 96.4 cm³/mol. The van der Waals surface area contributed by atoms with Gasteiger partial charge in [0.05, 0.1) is 6.54 Å². The molecular formula is C16H34N4S. The third kappa shape index (κ3) is 6.47. The smallest absolute Gasteiger partial charge is 0.191 e. The Hall–Kier alpha value is -0.420. The van der Waals surface area contributed by atoms with Crippen molar-refractivity contribution < 1.29 is 0 Å². The Labute approximate surface area is 135 Å². The molecule has 3 unspecified atom stereocenters. The number of guanidine groups is 1. The van der Waals surface area contributed by atoms with Gasteiger partial charge in [0.25, 0.3) is 0 Å². The average molecular weight is 315 g/mol. The molecule has 1 aliphatic carbocycles. The van der Waals surface area contributed by atoms with Crippen molar-refractivity contribution in [3.8, 4) is 0 Å². The Kier molecular flexibility index (Phi) is 9.16. The molecule has 21 heavy (non-hydrogen) atoms. The van der Waals surface area contributed by atoms with Crippen LogP contribution in [0.15, 0.2) is 4.99 Å². The highest BCUT2D eigenvalue weighted by atomic mass is 32.2. The second-order valence-electron chi connectivity index (χ2n) is 5.80. The van der Waals surface area contributed by atoms with Crippen LogP contribution in [-0.2, 0) is 0 Å². The van der Waals surface area contributed by atoms with Crippen molar-refractivity contribution >= 4 is 17.7 Å². The summed E-state index contributed by atoms with van der Waals surface area (Å²) in [5.41, 5.74) is 0. The molecular weight excluding hydrogens is 280 g/mol. The molecule has 0 aromatic carbocycles. The summed E-state index contributed by atoms with van der Waals surface area (Å²) in [7, 11) is 0. The number of thioether (sulfide) groups is 1. The van der Waals surface area contributed by atoms with E-state index in [9.17, 15) is 0 Å². The molecule has 1 saturated carbocycles. The van der Waals surface area contributed by atoms with Gasteiger partial charge in [0.15, 0.2) is 5.96 Å². The fraction of sp³-hybridized carbons (Fsp3) is 0.938. The SMILES string of the molecule is CCNC(=NCC(C)N(CC)CC)NC1CCC(SC)C1. The summed E-state index contributed by atoms with van der Waals surface area (Å²) >= 11 is 2.00. The van der Waals surface area contributed by atoms with Crippen LogP contribution >= 0.6 is 11.8 Å². The topological polar surface area (TPSA) is 39.7 Å². The van der Waals surface area contributed by atoms with Crippen molar-refractivity contribution in [1.82, 2.24) is 15.5 Å². The zero-order chi connectivity index (χ0) is 15.7. The molecule has 124 valence electrons. The van der Waals surface area contributed by atoms with Crippen molar-refractivity contribution in [3.05, 3.63) is 0 Å². The van der Waals surface area contributed by atoms with Gasteiger partial charge in [-0.25, -0.2) is 0 Å². The Morgan fingerprint density at radius 3 is 2.52 bits per heavy atom. The number of rotatable bonds is 8. The van der Waals surface area contributed by atoms with Crippen LogP contribution in [-0.4, -0.2) is 60.6 Å². The first-order valence-corrected chi connectivity index (χ1v) is 9.74. The number of hydrogen-bond donors (Lipinski definition) is 2. The van der Waals surface area contributed by atoms with Gasteiger partial charge in [0.1, 0.15) is 0 Å². The largest absolute Gasteiger partial charge is 0.357 e. The minimum Gasteiger partial charge on any atom is -0.357 e. The monoisotopic (exact) mass is 314 g/mol. The third-order valence-corrected chi connectivity index (χ3v) is 5.45. The lowest BCUT2D eigenvalue weighted by molar-refractivity contribution is 0.237. The van der Waals surface area contributed by atoms with Gasteiger partial charge in [-0.3, -0.25) is 9.89 Å². The molecule has 0 heterocycles. The first-order valence-electron chi connectivity index (χ1n) is 8.46. The fourth-order valence-electron chi connectivity index (χ4n) is 2.98. The average Bonchev–Trinajstić information content (AvgIpc) is 2.94. The Morgan fingerprint density at radius 1 is 1.29 bits per heavy atom. The summed E-state index contributed by atoms with van der Waals surface area (Å²) in [6.45, 7) is 12.8. The summed E-state index contributed by atoms with van der Waals surface area (Å²) in [5, 5.41) is 7.82. The second-order valence-corrected chi connectivity index (χ2v) is 6.94. The van der Waals surface area contributed by atoms with E-state index >= 15 is 0 Å². The molecule has 2 N–H and O–H groups in total. The van der Waals surface area contributed by atoms with Crippen molar-refractivity contribution in [2.24, 2.45) is 4.99 Å². The first-order chi connectivity index (χ1) is 10.1. The summed E-state index contributed by atoms with van der Waals surface area (Å²) in [5.74, 6) is 0.989. The zero-order valence-electron chi connectivity index (χ0n) is 14.5. The molecule has 0 amide bonds. The lowest BCUT2D eigenvalue weighted by Gasteiger charge is -2.25. The maximum atomic E-state index is 4.79. The van der Waals surface area contributed by atoms with Crippen molar-refractivity contribution in [1.29, 1.82) is 0 Å². The Balaban J connectivity index is 2.50. The van der Waals surface area contributed by atoms with E-state index < -0.39 is 0 Å². The van der Waals surface area contributed by atoms with E-state index in [1.165, 1.54) is 19.3 Å². The van der Waals surface area contributed by atoms with E-state index in [1.807, 2.05) is 11.8 Å². The maximum absolute atomic E-state index is 4.79. The van der Waals surface area contributed by atoms with Crippen LogP contribution in [0.2, 0.25) is 0 Å². The highest BCUT2D eigenvalue weighted by Gasteiger charge is 2.24. The van der Waals surface area contributed by atoms with Crippen LogP contribution in [0.25, 0.3) is 0 Å². The van der Waals surface area contributed by atoms with Crippen LogP contribution in [0.5, 0.6) is 0 Å². The molecule has 3 atom stereocenters. The molecule has 0 spiro atoms. The minimum absolute atomic E-state index is 0.498. The molecule has 5 heteroatoms. The van der Waals surface area contributed by atoms with Gasteiger partial charge in [0, 0.05) is 23.9 Å². The molecule has 4 nitrogen and oxygen atoms in total. The molecule has 0 aliphatic heterocycles. The summed E-state index contributed by atoms with van der Waals surface area (Å²) < 4.78 is 0. The number of aliphatic imine (C=N–C) groups is 1. The molecule has 1 rings (SSSR count). The summed E-state index contributed by atoms with van der Waals surface area (Å²) in [6.07, 6.45) is 6.07. The number of likely N-dealkylation sites (N-methyl/N-ethyl adjacent to an activating group) is 1. The van der Waals surface area contributed by atoms with Crippen LogP contribution in [0.3, 0.4) is 0 Å². The minimum atomic E-state index is 0.498. The van der Waals surface area contributed by atoms with Crippen molar-refractivity contribution in [2.45, 2.75) is 64.3 Å². The molecule has 1 aliphatic rings. The first kappa shape index (κ1) is 18.6. The Bertz CT molecular complexity index is 305. The van der Waals surface area contributed by atoms with E-state index in [0.29, 0.717) is 12.1 Å². The summed E-state index contributed by atoms with van der Waals surface area (Å²) in [6, 6.07) is 1.09. The van der Waals surface area contributed by atoms with Crippen LogP contribution in [0.1, 0.15) is 47.0 Å². The standard InChI is InChI=1S/C16H34N4S/c1-6-17-16(18-12-13(4)20(7-2)8-3)19-14-9-10-15(11-14)21-5/h13-15H,6-12H2,1-5H3,(H2,17,18,19). The molecule has 0 aromatic rings. The molecule has 1 fully saturated rings. The van der Waals surface area contributed by atoms with E-state index in [4.69, 9.17) is 4.99 Å². The van der Waals surface area contributed by atoms with Crippen molar-refractivity contribution in [2.75, 3.05) is 32.4 Å². The Morgan fingerprint density at radius 2 is 2.00 bits per heavy atom. The number of hydrogen-bond acceptors (Lipinski definition) is 3. The maximum Gasteiger partial charge on any atom is 0.191 e. The summed E-state index contributed by atoms with van der Waals surface area (Å²) in [4.78, 5) is 7.24. The lowest BCUT2D eigenvalue weighted by Crippen LogP contribution is -2.43. The highest BCUT2D eigenvalue weighted by molar-refractivity contribution is 7.99. The van der Waals surface area contributed by atoms with Gasteiger partial charge < -0.3 is 10.6 Å². The molecule has 0 saturated heterocycles. The molecule has 0 radical (unpaired) electrons. The van der Waals surface area contributed by atoms with Gasteiger partial charge in [-0.15, -0.1) is 0 Å². The predicted octanol–water partition coefficient (Wildman–Crippen LogP) is 2.56. The number of nitrogens with one attached hydrogen (secondary N) is 2. The van der Waals surface area contributed by atoms with E-state index in [1.54, 1.807) is 0 Å². The normalized spacial score (nSPS) is 24.4. The van der Waals surface area contributed by atoms with E-state index in [0.717, 1.165) is 37.4 Å². The van der Waals surface area contributed by atoms with Crippen molar-refractivity contribution in [3.63, 3.8) is 0 Å². The van der Waals surface area contributed by atoms with E-state index in [2.05, 4.69) is 49.5 Å². The third-order valence-electron chi connectivity index (χ3n) is 4.35. The van der Waals surface area contributed by atoms with Gasteiger partial charge in [-0.1, -0.05) is 13.8 Å². The lowest BCUT2D eigenvalue weighted by atomic mass is 10.2. The second kappa shape index (κ2) is 10.3. The van der Waals surface area contributed by atoms with Gasteiger partial charge in [0.2, 0.25) is 0 Å². The van der Waals surface area contributed by atoms with Crippen LogP contribution < -0.4 is 10.6 Å². The van der Waals surface area contributed by atoms with E-state index in [-0.39, 0.29) is 0 Å². The highest BCUT2D eigenvalue weighted by Crippen LogP contribution is 2.27. The number of nitrogens with zero attached hydrogens (tertiary/aromatic N) is 2. The van der Waals surface area contributed by atoms with Gasteiger partial charge in [-0.2, -0.15) is 11.8 Å². The fourth-order valence-corrected chi connectivity index (χ4v) is 3.78. The van der Waals surface area contributed by atoms with Gasteiger partial charge >= 0.3 is 0 Å². The van der Waals surface area contributed by atoms with Crippen LogP contribution in [0, 0.1) is 0 Å². The zero-order valence-corrected chi connectivity index (χ0v) is 15.3. The molecule has 0 bridgehead atoms. The van der Waals surface area contributed by atoms with Gasteiger partial charge in [-0.05, 0) is 52.5 Å². The van der Waals surface area contributed by atoms with Crippen LogP contribution in [0.4, 0.5) is 0 Å². The molecule has 0 aromatic heterocycles.